The zero-order valence-electron chi connectivity index (χ0n) is 27.1. The van der Waals surface area contributed by atoms with Gasteiger partial charge in [0.1, 0.15) is 0 Å². The number of rotatable bonds is 9. The van der Waals surface area contributed by atoms with E-state index in [1.165, 1.54) is 0 Å². The second-order valence-corrected chi connectivity index (χ2v) is 14.8. The smallest absolute Gasteiger partial charge is 0.227 e. The molecular formula is C36H57N3O3. The summed E-state index contributed by atoms with van der Waals surface area (Å²) in [5.41, 5.74) is 1.89. The number of hydrogen-bond acceptors (Lipinski definition) is 3. The minimum absolute atomic E-state index is 0.00331. The molecule has 1 aromatic rings. The first-order chi connectivity index (χ1) is 20.0. The van der Waals surface area contributed by atoms with Gasteiger partial charge in [0, 0.05) is 34.8 Å². The van der Waals surface area contributed by atoms with E-state index in [2.05, 4.69) is 57.5 Å². The van der Waals surface area contributed by atoms with Crippen LogP contribution in [0.15, 0.2) is 18.2 Å². The van der Waals surface area contributed by atoms with Gasteiger partial charge >= 0.3 is 0 Å². The molecular weight excluding hydrogens is 522 g/mol. The van der Waals surface area contributed by atoms with Crippen molar-refractivity contribution in [1.29, 1.82) is 0 Å². The zero-order valence-corrected chi connectivity index (χ0v) is 27.1. The molecule has 3 N–H and O–H groups in total. The predicted molar refractivity (Wildman–Crippen MR) is 173 cm³/mol. The molecule has 0 atom stereocenters. The Labute approximate surface area is 254 Å². The summed E-state index contributed by atoms with van der Waals surface area (Å²) in [6.07, 6.45) is 12.0. The van der Waals surface area contributed by atoms with Crippen LogP contribution >= 0.6 is 0 Å². The normalized spacial score (nSPS) is 28.5. The molecule has 0 saturated heterocycles. The second kappa shape index (κ2) is 14.9. The third-order valence-corrected chi connectivity index (χ3v) is 11.0. The maximum atomic E-state index is 13.3. The maximum absolute atomic E-state index is 13.3. The van der Waals surface area contributed by atoms with Crippen molar-refractivity contribution in [3.63, 3.8) is 0 Å². The number of nitrogens with one attached hydrogen (secondary N) is 3. The summed E-state index contributed by atoms with van der Waals surface area (Å²) in [5.74, 6) is 4.17. The highest BCUT2D eigenvalue weighted by Crippen LogP contribution is 2.37. The fourth-order valence-corrected chi connectivity index (χ4v) is 7.72. The lowest BCUT2D eigenvalue weighted by molar-refractivity contribution is -0.121. The van der Waals surface area contributed by atoms with E-state index in [1.54, 1.807) is 0 Å². The van der Waals surface area contributed by atoms with Crippen LogP contribution in [-0.4, -0.2) is 17.7 Å². The number of benzene rings is 1. The summed E-state index contributed by atoms with van der Waals surface area (Å²) in [4.78, 5) is 39.9. The van der Waals surface area contributed by atoms with Crippen molar-refractivity contribution in [3.8, 4) is 0 Å². The molecule has 3 aliphatic carbocycles. The van der Waals surface area contributed by atoms with Crippen molar-refractivity contribution < 1.29 is 14.4 Å². The third-order valence-electron chi connectivity index (χ3n) is 11.0. The lowest BCUT2D eigenvalue weighted by Crippen LogP contribution is -2.30. The predicted octanol–water partition coefficient (Wildman–Crippen LogP) is 8.89. The summed E-state index contributed by atoms with van der Waals surface area (Å²) in [7, 11) is 0. The number of anilines is 3. The van der Waals surface area contributed by atoms with Crippen molar-refractivity contribution in [2.75, 3.05) is 16.0 Å². The molecule has 6 heteroatoms. The second-order valence-electron chi connectivity index (χ2n) is 14.8. The Bertz CT molecular complexity index is 911. The number of hydrogen-bond donors (Lipinski definition) is 3. The van der Waals surface area contributed by atoms with Crippen LogP contribution in [0.3, 0.4) is 0 Å². The van der Waals surface area contributed by atoms with Gasteiger partial charge in [-0.3, -0.25) is 14.4 Å². The van der Waals surface area contributed by atoms with Crippen LogP contribution in [0.1, 0.15) is 119 Å². The quantitative estimate of drug-likeness (QED) is 0.273. The van der Waals surface area contributed by atoms with Crippen LogP contribution in [0.25, 0.3) is 0 Å². The van der Waals surface area contributed by atoms with Crippen LogP contribution in [0.2, 0.25) is 0 Å². The highest BCUT2D eigenvalue weighted by atomic mass is 16.2. The summed E-state index contributed by atoms with van der Waals surface area (Å²) < 4.78 is 0. The Morgan fingerprint density at radius 3 is 0.857 bits per heavy atom. The van der Waals surface area contributed by atoms with Crippen molar-refractivity contribution in [2.45, 2.75) is 119 Å². The molecule has 0 unspecified atom stereocenters. The first-order valence-electron chi connectivity index (χ1n) is 17.1. The van der Waals surface area contributed by atoms with E-state index in [-0.39, 0.29) is 35.5 Å². The van der Waals surface area contributed by atoms with E-state index in [9.17, 15) is 14.4 Å². The summed E-state index contributed by atoms with van der Waals surface area (Å²) in [5, 5.41) is 9.41. The molecule has 0 radical (unpaired) electrons. The van der Waals surface area contributed by atoms with E-state index in [4.69, 9.17) is 0 Å². The van der Waals surface area contributed by atoms with Crippen LogP contribution in [-0.2, 0) is 14.4 Å². The molecule has 3 amide bonds. The van der Waals surface area contributed by atoms with Gasteiger partial charge in [0.05, 0.1) is 0 Å². The van der Waals surface area contributed by atoms with Gasteiger partial charge in [0.2, 0.25) is 17.7 Å². The molecule has 0 aromatic heterocycles. The molecule has 234 valence electrons. The molecule has 42 heavy (non-hydrogen) atoms. The van der Waals surface area contributed by atoms with E-state index >= 15 is 0 Å². The standard InChI is InChI=1S/C36H57N3O3/c1-22(2)25-7-13-28(14-8-25)34(40)37-31-19-32(38-35(41)29-15-9-26(10-16-29)23(3)4)21-33(20-31)39-36(42)30-17-11-27(12-18-30)24(5)6/h19-30H,7-18H2,1-6H3,(H,37,40)(H,38,41)(H,39,42)/t25-,26-,27-,28+,29+,30+. The maximum Gasteiger partial charge on any atom is 0.227 e. The molecule has 3 fully saturated rings. The molecule has 0 heterocycles. The van der Waals surface area contributed by atoms with Crippen molar-refractivity contribution in [2.24, 2.45) is 53.3 Å². The average Bonchev–Trinajstić information content (AvgIpc) is 2.97. The monoisotopic (exact) mass is 579 g/mol. The van der Waals surface area contributed by atoms with Gasteiger partial charge in [-0.15, -0.1) is 0 Å². The highest BCUT2D eigenvalue weighted by Gasteiger charge is 2.30. The first kappa shape index (κ1) is 32.5. The lowest BCUT2D eigenvalue weighted by Gasteiger charge is -2.31. The fourth-order valence-electron chi connectivity index (χ4n) is 7.72. The van der Waals surface area contributed by atoms with E-state index in [1.807, 2.05) is 18.2 Å². The minimum atomic E-state index is 0.00331. The van der Waals surface area contributed by atoms with Gasteiger partial charge in [-0.1, -0.05) is 41.5 Å². The Morgan fingerprint density at radius 1 is 0.452 bits per heavy atom. The van der Waals surface area contributed by atoms with E-state index in [0.29, 0.717) is 52.6 Å². The summed E-state index contributed by atoms with van der Waals surface area (Å²) in [6.45, 7) is 13.6. The topological polar surface area (TPSA) is 87.3 Å². The van der Waals surface area contributed by atoms with E-state index < -0.39 is 0 Å². The number of carbonyl (C=O) groups is 3. The molecule has 0 bridgehead atoms. The Balaban J connectivity index is 1.44. The Hall–Kier alpha value is -2.37. The fraction of sp³-hybridized carbons (Fsp3) is 0.750. The van der Waals surface area contributed by atoms with Crippen molar-refractivity contribution in [1.82, 2.24) is 0 Å². The van der Waals surface area contributed by atoms with Crippen molar-refractivity contribution in [3.05, 3.63) is 18.2 Å². The van der Waals surface area contributed by atoms with Gasteiger partial charge in [-0.2, -0.15) is 0 Å². The molecule has 3 saturated carbocycles. The highest BCUT2D eigenvalue weighted by molar-refractivity contribution is 5.99. The largest absolute Gasteiger partial charge is 0.326 e. The summed E-state index contributed by atoms with van der Waals surface area (Å²) in [6, 6.07) is 5.54. The minimum Gasteiger partial charge on any atom is -0.326 e. The number of carbonyl (C=O) groups excluding carboxylic acids is 3. The SMILES string of the molecule is CC(C)[C@H]1CC[C@@H](C(=O)Nc2cc(NC(=O)[C@H]3CC[C@@H](C(C)C)CC3)cc(NC(=O)[C@H]3CC[C@@H](C(C)C)CC3)c2)CC1. The molecule has 6 nitrogen and oxygen atoms in total. The summed E-state index contributed by atoms with van der Waals surface area (Å²) >= 11 is 0. The molecule has 1 aromatic carbocycles. The van der Waals surface area contributed by atoms with E-state index in [0.717, 1.165) is 77.0 Å². The first-order valence-corrected chi connectivity index (χ1v) is 17.1. The number of amides is 3. The van der Waals surface area contributed by atoms with Crippen LogP contribution in [0, 0.1) is 53.3 Å². The molecule has 0 aliphatic heterocycles. The Morgan fingerprint density at radius 2 is 0.667 bits per heavy atom. The zero-order chi connectivity index (χ0) is 30.4. The van der Waals surface area contributed by atoms with Crippen LogP contribution in [0.4, 0.5) is 17.1 Å². The average molecular weight is 580 g/mol. The van der Waals surface area contributed by atoms with Crippen LogP contribution in [0.5, 0.6) is 0 Å². The molecule has 3 aliphatic rings. The van der Waals surface area contributed by atoms with Gasteiger partial charge in [0.25, 0.3) is 0 Å². The molecule has 0 spiro atoms. The molecule has 4 rings (SSSR count). The van der Waals surface area contributed by atoms with Crippen molar-refractivity contribution >= 4 is 34.8 Å². The van der Waals surface area contributed by atoms with Gasteiger partial charge < -0.3 is 16.0 Å². The third kappa shape index (κ3) is 8.83. The Kier molecular flexibility index (Phi) is 11.5. The van der Waals surface area contributed by atoms with Gasteiger partial charge in [-0.25, -0.2) is 0 Å². The van der Waals surface area contributed by atoms with Gasteiger partial charge in [-0.05, 0) is 131 Å². The lowest BCUT2D eigenvalue weighted by atomic mass is 9.76. The van der Waals surface area contributed by atoms with Gasteiger partial charge in [0.15, 0.2) is 0 Å². The van der Waals surface area contributed by atoms with Crippen LogP contribution < -0.4 is 16.0 Å².